The average Bonchev–Trinajstić information content (AvgIpc) is 3.05. The van der Waals surface area contributed by atoms with Crippen LogP contribution in [0.2, 0.25) is 0 Å². The smallest absolute Gasteiger partial charge is 0.253 e. The Balaban J connectivity index is 1.78. The molecule has 4 nitrogen and oxygen atoms in total. The van der Waals surface area contributed by atoms with Crippen molar-refractivity contribution >= 4 is 5.91 Å². The standard InChI is InChI=1S/C20H31NO3/c1-20(2,23)13-12-16-8-10-17(11-9-16)19(22)21(3)14-4-6-18-7-5-15-24-18/h8-11,18,23H,4-7,12-15H2,1-3H3/t18-/m1/s1. The van der Waals surface area contributed by atoms with Gasteiger partial charge in [-0.05, 0) is 70.1 Å². The lowest BCUT2D eigenvalue weighted by molar-refractivity contribution is 0.0712. The molecule has 1 fully saturated rings. The van der Waals surface area contributed by atoms with Crippen LogP contribution >= 0.6 is 0 Å². The molecule has 1 saturated heterocycles. The van der Waals surface area contributed by atoms with E-state index in [9.17, 15) is 9.90 Å². The Labute approximate surface area is 145 Å². The number of hydrogen-bond donors (Lipinski definition) is 1. The van der Waals surface area contributed by atoms with Gasteiger partial charge in [0.25, 0.3) is 5.91 Å². The summed E-state index contributed by atoms with van der Waals surface area (Å²) in [5, 5.41) is 9.79. The molecule has 0 saturated carbocycles. The van der Waals surface area contributed by atoms with Crippen LogP contribution in [0.4, 0.5) is 0 Å². The Kier molecular flexibility index (Phi) is 6.81. The first-order valence-corrected chi connectivity index (χ1v) is 9.03. The summed E-state index contributed by atoms with van der Waals surface area (Å²) in [6, 6.07) is 7.75. The largest absolute Gasteiger partial charge is 0.390 e. The van der Waals surface area contributed by atoms with Crippen LogP contribution in [-0.2, 0) is 11.2 Å². The van der Waals surface area contributed by atoms with Crippen molar-refractivity contribution < 1.29 is 14.6 Å². The van der Waals surface area contributed by atoms with Gasteiger partial charge < -0.3 is 14.7 Å². The van der Waals surface area contributed by atoms with Crippen molar-refractivity contribution in [1.29, 1.82) is 0 Å². The lowest BCUT2D eigenvalue weighted by atomic mass is 9.98. The highest BCUT2D eigenvalue weighted by molar-refractivity contribution is 5.94. The van der Waals surface area contributed by atoms with Gasteiger partial charge in [-0.2, -0.15) is 0 Å². The average molecular weight is 333 g/mol. The third-order valence-electron chi connectivity index (χ3n) is 4.62. The van der Waals surface area contributed by atoms with Gasteiger partial charge in [-0.25, -0.2) is 0 Å². The zero-order chi connectivity index (χ0) is 17.6. The number of amides is 1. The fourth-order valence-electron chi connectivity index (χ4n) is 3.01. The molecule has 0 aromatic heterocycles. The first-order valence-electron chi connectivity index (χ1n) is 9.03. The van der Waals surface area contributed by atoms with Crippen molar-refractivity contribution in [2.24, 2.45) is 0 Å². The number of benzene rings is 1. The maximum Gasteiger partial charge on any atom is 0.253 e. The van der Waals surface area contributed by atoms with Crippen molar-refractivity contribution in [1.82, 2.24) is 4.90 Å². The Hall–Kier alpha value is -1.39. The summed E-state index contributed by atoms with van der Waals surface area (Å²) in [5.41, 5.74) is 1.22. The van der Waals surface area contributed by atoms with Crippen LogP contribution in [0.1, 0.15) is 61.9 Å². The highest BCUT2D eigenvalue weighted by Crippen LogP contribution is 2.17. The SMILES string of the molecule is CN(CCC[C@@H]1CCCO1)C(=O)c1ccc(CCC(C)(C)O)cc1. The number of hydrogen-bond acceptors (Lipinski definition) is 3. The lowest BCUT2D eigenvalue weighted by Gasteiger charge is -2.19. The summed E-state index contributed by atoms with van der Waals surface area (Å²) in [4.78, 5) is 14.2. The molecule has 1 atom stereocenters. The molecule has 0 unspecified atom stereocenters. The van der Waals surface area contributed by atoms with Gasteiger partial charge in [-0.3, -0.25) is 4.79 Å². The summed E-state index contributed by atoms with van der Waals surface area (Å²) in [5.74, 6) is 0.0661. The number of nitrogens with zero attached hydrogens (tertiary/aromatic N) is 1. The van der Waals surface area contributed by atoms with Crippen molar-refractivity contribution in [3.05, 3.63) is 35.4 Å². The molecule has 1 N–H and O–H groups in total. The van der Waals surface area contributed by atoms with E-state index in [4.69, 9.17) is 4.74 Å². The highest BCUT2D eigenvalue weighted by Gasteiger charge is 2.17. The monoisotopic (exact) mass is 333 g/mol. The molecule has 1 aromatic rings. The summed E-state index contributed by atoms with van der Waals surface area (Å²) < 4.78 is 5.62. The van der Waals surface area contributed by atoms with Crippen LogP contribution in [0.3, 0.4) is 0 Å². The van der Waals surface area contributed by atoms with Gasteiger partial charge in [0.05, 0.1) is 11.7 Å². The van der Waals surface area contributed by atoms with Crippen molar-refractivity contribution in [2.45, 2.75) is 64.1 Å². The molecule has 0 spiro atoms. The molecule has 0 radical (unpaired) electrons. The summed E-state index contributed by atoms with van der Waals surface area (Å²) in [6.45, 7) is 5.28. The molecule has 1 amide bonds. The van der Waals surface area contributed by atoms with E-state index in [1.54, 1.807) is 4.90 Å². The van der Waals surface area contributed by atoms with Gasteiger partial charge in [0.2, 0.25) is 0 Å². The lowest BCUT2D eigenvalue weighted by Crippen LogP contribution is -2.28. The number of aliphatic hydroxyl groups is 1. The Morgan fingerprint density at radius 3 is 2.62 bits per heavy atom. The Morgan fingerprint density at radius 2 is 2.04 bits per heavy atom. The molecule has 2 rings (SSSR count). The second-order valence-electron chi connectivity index (χ2n) is 7.51. The van der Waals surface area contributed by atoms with Crippen LogP contribution in [-0.4, -0.2) is 47.8 Å². The number of aryl methyl sites for hydroxylation is 1. The number of carbonyl (C=O) groups excluding carboxylic acids is 1. The second kappa shape index (κ2) is 8.63. The minimum Gasteiger partial charge on any atom is -0.390 e. The topological polar surface area (TPSA) is 49.8 Å². The normalized spacial score (nSPS) is 17.9. The predicted molar refractivity (Wildman–Crippen MR) is 96.2 cm³/mol. The van der Waals surface area contributed by atoms with E-state index in [-0.39, 0.29) is 5.91 Å². The second-order valence-corrected chi connectivity index (χ2v) is 7.51. The van der Waals surface area contributed by atoms with Gasteiger partial charge in [-0.1, -0.05) is 12.1 Å². The molecule has 0 aliphatic carbocycles. The molecular weight excluding hydrogens is 302 g/mol. The van der Waals surface area contributed by atoms with E-state index >= 15 is 0 Å². The fraction of sp³-hybridized carbons (Fsp3) is 0.650. The van der Waals surface area contributed by atoms with E-state index in [1.165, 1.54) is 6.42 Å². The quantitative estimate of drug-likeness (QED) is 0.793. The van der Waals surface area contributed by atoms with Gasteiger partial charge in [0.15, 0.2) is 0 Å². The zero-order valence-corrected chi connectivity index (χ0v) is 15.3. The number of carbonyl (C=O) groups is 1. The van der Waals surface area contributed by atoms with E-state index in [2.05, 4.69) is 0 Å². The first-order chi connectivity index (χ1) is 11.3. The van der Waals surface area contributed by atoms with Gasteiger partial charge >= 0.3 is 0 Å². The molecule has 0 bridgehead atoms. The van der Waals surface area contributed by atoms with E-state index < -0.39 is 5.60 Å². The molecule has 1 aromatic carbocycles. The van der Waals surface area contributed by atoms with E-state index in [0.29, 0.717) is 12.5 Å². The molecule has 134 valence electrons. The minimum atomic E-state index is -0.655. The van der Waals surface area contributed by atoms with Gasteiger partial charge in [0.1, 0.15) is 0 Å². The maximum absolute atomic E-state index is 12.5. The van der Waals surface area contributed by atoms with Crippen LogP contribution in [0.25, 0.3) is 0 Å². The van der Waals surface area contributed by atoms with Crippen LogP contribution < -0.4 is 0 Å². The third-order valence-corrected chi connectivity index (χ3v) is 4.62. The van der Waals surface area contributed by atoms with Crippen molar-refractivity contribution in [2.75, 3.05) is 20.2 Å². The maximum atomic E-state index is 12.5. The summed E-state index contributed by atoms with van der Waals surface area (Å²) in [7, 11) is 1.86. The van der Waals surface area contributed by atoms with Crippen LogP contribution in [0.15, 0.2) is 24.3 Å². The first kappa shape index (κ1) is 18.9. The predicted octanol–water partition coefficient (Wildman–Crippen LogP) is 3.42. The molecular formula is C20H31NO3. The molecule has 4 heteroatoms. The van der Waals surface area contributed by atoms with Crippen molar-refractivity contribution in [3.8, 4) is 0 Å². The third kappa shape index (κ3) is 6.25. The molecule has 24 heavy (non-hydrogen) atoms. The van der Waals surface area contributed by atoms with Gasteiger partial charge in [0, 0.05) is 25.8 Å². The summed E-state index contributed by atoms with van der Waals surface area (Å²) >= 11 is 0. The minimum absolute atomic E-state index is 0.0661. The molecule has 1 heterocycles. The van der Waals surface area contributed by atoms with Gasteiger partial charge in [-0.15, -0.1) is 0 Å². The van der Waals surface area contributed by atoms with E-state index in [1.807, 2.05) is 45.2 Å². The van der Waals surface area contributed by atoms with E-state index in [0.717, 1.165) is 50.0 Å². The zero-order valence-electron chi connectivity index (χ0n) is 15.3. The Morgan fingerprint density at radius 1 is 1.33 bits per heavy atom. The highest BCUT2D eigenvalue weighted by atomic mass is 16.5. The number of rotatable bonds is 8. The molecule has 1 aliphatic heterocycles. The van der Waals surface area contributed by atoms with Crippen LogP contribution in [0, 0.1) is 0 Å². The van der Waals surface area contributed by atoms with Crippen molar-refractivity contribution in [3.63, 3.8) is 0 Å². The Bertz CT molecular complexity index is 513. The number of ether oxygens (including phenoxy) is 1. The van der Waals surface area contributed by atoms with Crippen LogP contribution in [0.5, 0.6) is 0 Å². The summed E-state index contributed by atoms with van der Waals surface area (Å²) in [6.07, 6.45) is 6.26. The molecule has 1 aliphatic rings. The fourth-order valence-corrected chi connectivity index (χ4v) is 3.01.